The number of hydrogen-bond acceptors (Lipinski definition) is 7. The first-order valence-electron chi connectivity index (χ1n) is 7.91. The third-order valence-electron chi connectivity index (χ3n) is 4.01. The molecule has 1 unspecified atom stereocenters. The van der Waals surface area contributed by atoms with E-state index in [-0.39, 0.29) is 4.90 Å². The van der Waals surface area contributed by atoms with Crippen molar-refractivity contribution in [3.63, 3.8) is 0 Å². The van der Waals surface area contributed by atoms with Gasteiger partial charge in [-0.2, -0.15) is 5.01 Å². The molecule has 1 aliphatic heterocycles. The predicted octanol–water partition coefficient (Wildman–Crippen LogP) is 2.16. The molecular formula is C16H20N6O2S. The minimum Gasteiger partial charge on any atom is -0.261 e. The van der Waals surface area contributed by atoms with Crippen molar-refractivity contribution in [3.05, 3.63) is 47.8 Å². The fraction of sp³-hybridized carbons (Fsp3) is 0.312. The van der Waals surface area contributed by atoms with Crippen LogP contribution in [-0.4, -0.2) is 25.5 Å². The molecule has 8 nitrogen and oxygen atoms in total. The lowest BCUT2D eigenvalue weighted by Gasteiger charge is -2.21. The third kappa shape index (κ3) is 3.53. The van der Waals surface area contributed by atoms with Crippen molar-refractivity contribution in [1.29, 1.82) is 0 Å². The van der Waals surface area contributed by atoms with Crippen LogP contribution in [0.3, 0.4) is 0 Å². The fourth-order valence-electron chi connectivity index (χ4n) is 2.83. The summed E-state index contributed by atoms with van der Waals surface area (Å²) in [6, 6.07) is 8.86. The predicted molar refractivity (Wildman–Crippen MR) is 93.5 cm³/mol. The molecule has 0 saturated carbocycles. The molecule has 3 rings (SSSR count). The summed E-state index contributed by atoms with van der Waals surface area (Å²) in [5.74, 6) is 0. The number of aryl methyl sites for hydroxylation is 1. The van der Waals surface area contributed by atoms with Gasteiger partial charge in [-0.05, 0) is 24.1 Å². The molecule has 1 aliphatic rings. The summed E-state index contributed by atoms with van der Waals surface area (Å²) in [6.45, 7) is 2.09. The number of benzene rings is 1. The summed E-state index contributed by atoms with van der Waals surface area (Å²) in [4.78, 5) is 4.49. The Kier molecular flexibility index (Phi) is 4.80. The normalized spacial score (nSPS) is 17.6. The Hall–Kier alpha value is -2.36. The summed E-state index contributed by atoms with van der Waals surface area (Å²) in [5.41, 5.74) is 5.68. The van der Waals surface area contributed by atoms with Crippen molar-refractivity contribution in [2.45, 2.75) is 30.8 Å². The van der Waals surface area contributed by atoms with Gasteiger partial charge in [0, 0.05) is 30.1 Å². The highest BCUT2D eigenvalue weighted by Gasteiger charge is 2.30. The molecule has 1 aromatic carbocycles. The first kappa shape index (κ1) is 17.5. The Bertz CT molecular complexity index is 895. The Morgan fingerprint density at radius 1 is 1.28 bits per heavy atom. The molecule has 0 aliphatic carbocycles. The molecule has 0 bridgehead atoms. The van der Waals surface area contributed by atoms with E-state index in [1.165, 1.54) is 6.07 Å². The minimum absolute atomic E-state index is 0.0298. The number of hydrazine groups is 1. The molecule has 0 amide bonds. The molecule has 25 heavy (non-hydrogen) atoms. The highest BCUT2D eigenvalue weighted by molar-refractivity contribution is 7.89. The molecule has 0 fully saturated rings. The standard InChI is InChI=1S/C16H20N6O2S/c1-3-5-12-9-8-11(10-18-12)13-6-4-7-14(25(17,23)24)15(13)16-19-20-21-22(16)2/h4,6-10,16H,3,5H2,1-2H3,(H,19,21)(H2,17,23,24). The summed E-state index contributed by atoms with van der Waals surface area (Å²) in [6.07, 6.45) is 3.06. The van der Waals surface area contributed by atoms with Gasteiger partial charge in [-0.25, -0.2) is 19.1 Å². The molecule has 1 aromatic heterocycles. The van der Waals surface area contributed by atoms with Gasteiger partial charge in [0.05, 0.1) is 4.90 Å². The van der Waals surface area contributed by atoms with Gasteiger partial charge in [-0.15, -0.1) is 5.11 Å². The van der Waals surface area contributed by atoms with Crippen molar-refractivity contribution < 1.29 is 8.42 Å². The van der Waals surface area contributed by atoms with E-state index in [0.717, 1.165) is 24.1 Å². The third-order valence-corrected chi connectivity index (χ3v) is 4.98. The maximum atomic E-state index is 12.1. The lowest BCUT2D eigenvalue weighted by molar-refractivity contribution is 0.220. The number of sulfonamides is 1. The zero-order valence-electron chi connectivity index (χ0n) is 14.0. The summed E-state index contributed by atoms with van der Waals surface area (Å²) < 4.78 is 24.2. The number of primary sulfonamides is 1. The van der Waals surface area contributed by atoms with Crippen LogP contribution < -0.4 is 10.7 Å². The molecule has 0 spiro atoms. The van der Waals surface area contributed by atoms with Crippen LogP contribution >= 0.6 is 0 Å². The van der Waals surface area contributed by atoms with E-state index in [4.69, 9.17) is 5.14 Å². The molecule has 1 atom stereocenters. The lowest BCUT2D eigenvalue weighted by atomic mass is 9.98. The Labute approximate surface area is 146 Å². The number of nitrogens with two attached hydrogens (primary N) is 1. The van der Waals surface area contributed by atoms with Crippen molar-refractivity contribution >= 4 is 10.0 Å². The van der Waals surface area contributed by atoms with E-state index in [1.807, 2.05) is 18.2 Å². The van der Waals surface area contributed by atoms with Crippen LogP contribution in [0.15, 0.2) is 51.8 Å². The molecule has 2 heterocycles. The maximum absolute atomic E-state index is 12.1. The average molecular weight is 360 g/mol. The highest BCUT2D eigenvalue weighted by atomic mass is 32.2. The molecule has 9 heteroatoms. The van der Waals surface area contributed by atoms with E-state index in [0.29, 0.717) is 11.1 Å². The molecular weight excluding hydrogens is 340 g/mol. The van der Waals surface area contributed by atoms with Crippen LogP contribution in [0.5, 0.6) is 0 Å². The number of pyridine rings is 1. The van der Waals surface area contributed by atoms with E-state index < -0.39 is 16.2 Å². The topological polar surface area (TPSA) is 113 Å². The highest BCUT2D eigenvalue weighted by Crippen LogP contribution is 2.36. The van der Waals surface area contributed by atoms with Crippen molar-refractivity contribution in [2.75, 3.05) is 7.05 Å². The monoisotopic (exact) mass is 360 g/mol. The molecule has 2 aromatic rings. The van der Waals surface area contributed by atoms with Crippen LogP contribution in [0.1, 0.15) is 30.8 Å². The van der Waals surface area contributed by atoms with Gasteiger partial charge in [-0.1, -0.05) is 36.8 Å². The van der Waals surface area contributed by atoms with Crippen LogP contribution in [0.2, 0.25) is 0 Å². The van der Waals surface area contributed by atoms with Crippen LogP contribution in [0.4, 0.5) is 0 Å². The second kappa shape index (κ2) is 6.87. The van der Waals surface area contributed by atoms with Gasteiger partial charge in [0.2, 0.25) is 10.0 Å². The number of aromatic nitrogens is 1. The van der Waals surface area contributed by atoms with Crippen LogP contribution in [0.25, 0.3) is 11.1 Å². The van der Waals surface area contributed by atoms with Gasteiger partial charge in [0.1, 0.15) is 0 Å². The van der Waals surface area contributed by atoms with E-state index in [1.54, 1.807) is 24.3 Å². The smallest absolute Gasteiger partial charge is 0.238 e. The van der Waals surface area contributed by atoms with Gasteiger partial charge in [-0.3, -0.25) is 4.98 Å². The van der Waals surface area contributed by atoms with Crippen molar-refractivity contribution in [3.8, 4) is 11.1 Å². The average Bonchev–Trinajstić information content (AvgIpc) is 3.00. The van der Waals surface area contributed by atoms with Gasteiger partial charge in [0.15, 0.2) is 6.17 Å². The minimum atomic E-state index is -3.92. The summed E-state index contributed by atoms with van der Waals surface area (Å²) in [7, 11) is -2.19. The van der Waals surface area contributed by atoms with Gasteiger partial charge < -0.3 is 0 Å². The van der Waals surface area contributed by atoms with E-state index >= 15 is 0 Å². The van der Waals surface area contributed by atoms with Gasteiger partial charge in [0.25, 0.3) is 0 Å². The number of rotatable bonds is 5. The molecule has 0 radical (unpaired) electrons. The summed E-state index contributed by atoms with van der Waals surface area (Å²) >= 11 is 0. The van der Waals surface area contributed by atoms with Crippen molar-refractivity contribution in [1.82, 2.24) is 15.5 Å². The Morgan fingerprint density at radius 2 is 2.08 bits per heavy atom. The quantitative estimate of drug-likeness (QED) is 0.848. The van der Waals surface area contributed by atoms with Crippen LogP contribution in [-0.2, 0) is 16.4 Å². The fourth-order valence-corrected chi connectivity index (χ4v) is 3.62. The first-order valence-corrected chi connectivity index (χ1v) is 9.45. The number of hydrogen-bond donors (Lipinski definition) is 2. The second-order valence-corrected chi connectivity index (χ2v) is 7.38. The summed E-state index contributed by atoms with van der Waals surface area (Å²) in [5, 5.41) is 14.9. The zero-order valence-corrected chi connectivity index (χ0v) is 14.9. The van der Waals surface area contributed by atoms with Crippen LogP contribution in [0, 0.1) is 0 Å². The molecule has 132 valence electrons. The molecule has 3 N–H and O–H groups in total. The SMILES string of the molecule is CCCc1ccc(-c2cccc(S(N)(=O)=O)c2C2N=NNN2C)cn1. The first-order chi connectivity index (χ1) is 11.9. The Balaban J connectivity index is 2.17. The second-order valence-electron chi connectivity index (χ2n) is 5.85. The Morgan fingerprint density at radius 3 is 2.64 bits per heavy atom. The largest absolute Gasteiger partial charge is 0.261 e. The lowest BCUT2D eigenvalue weighted by Crippen LogP contribution is -2.29. The molecule has 0 saturated heterocycles. The van der Waals surface area contributed by atoms with E-state index in [2.05, 4.69) is 27.8 Å². The maximum Gasteiger partial charge on any atom is 0.238 e. The number of nitrogens with zero attached hydrogens (tertiary/aromatic N) is 4. The van der Waals surface area contributed by atoms with Gasteiger partial charge >= 0.3 is 0 Å². The van der Waals surface area contributed by atoms with E-state index in [9.17, 15) is 8.42 Å². The zero-order chi connectivity index (χ0) is 18.0. The number of nitrogens with one attached hydrogen (secondary N) is 1. The van der Waals surface area contributed by atoms with Crippen molar-refractivity contribution in [2.24, 2.45) is 15.5 Å².